The Morgan fingerprint density at radius 2 is 2.36 bits per heavy atom. The zero-order chi connectivity index (χ0) is 7.90. The molecule has 3 atom stereocenters. The van der Waals surface area contributed by atoms with Gasteiger partial charge in [-0.1, -0.05) is 0 Å². The standard InChI is InChI=1S/C8H14O3/c1-8-3-4-10-7(8)6(9-2)5-11-8/h6-7H,3-5H2,1-2H3/t6-,7+,8+/m1/s1. The summed E-state index contributed by atoms with van der Waals surface area (Å²) < 4.78 is 16.4. The van der Waals surface area contributed by atoms with E-state index >= 15 is 0 Å². The van der Waals surface area contributed by atoms with E-state index in [0.29, 0.717) is 6.61 Å². The molecule has 0 aromatic carbocycles. The smallest absolute Gasteiger partial charge is 0.115 e. The van der Waals surface area contributed by atoms with Crippen LogP contribution in [0.5, 0.6) is 0 Å². The Bertz CT molecular complexity index is 159. The Hall–Kier alpha value is -0.120. The molecule has 11 heavy (non-hydrogen) atoms. The van der Waals surface area contributed by atoms with Gasteiger partial charge in [-0.2, -0.15) is 0 Å². The molecule has 2 fully saturated rings. The molecule has 3 heteroatoms. The van der Waals surface area contributed by atoms with Gasteiger partial charge >= 0.3 is 0 Å². The van der Waals surface area contributed by atoms with Crippen LogP contribution >= 0.6 is 0 Å². The van der Waals surface area contributed by atoms with Crippen LogP contribution in [0.15, 0.2) is 0 Å². The van der Waals surface area contributed by atoms with E-state index in [-0.39, 0.29) is 17.8 Å². The molecule has 2 aliphatic rings. The van der Waals surface area contributed by atoms with Crippen LogP contribution in [0.25, 0.3) is 0 Å². The van der Waals surface area contributed by atoms with E-state index in [1.165, 1.54) is 0 Å². The van der Waals surface area contributed by atoms with Crippen LogP contribution < -0.4 is 0 Å². The molecule has 0 radical (unpaired) electrons. The monoisotopic (exact) mass is 158 g/mol. The second-order valence-corrected chi connectivity index (χ2v) is 3.44. The number of hydrogen-bond donors (Lipinski definition) is 0. The van der Waals surface area contributed by atoms with Crippen LogP contribution in [0.3, 0.4) is 0 Å². The SMILES string of the molecule is CO[C@@H]1CO[C@@]2(C)CCO[C@@H]12. The van der Waals surface area contributed by atoms with Gasteiger partial charge in [0.2, 0.25) is 0 Å². The van der Waals surface area contributed by atoms with Crippen molar-refractivity contribution < 1.29 is 14.2 Å². The highest BCUT2D eigenvalue weighted by Gasteiger charge is 2.51. The maximum atomic E-state index is 5.62. The topological polar surface area (TPSA) is 27.7 Å². The third kappa shape index (κ3) is 0.991. The van der Waals surface area contributed by atoms with E-state index in [2.05, 4.69) is 6.92 Å². The molecular weight excluding hydrogens is 144 g/mol. The average Bonchev–Trinajstić information content (AvgIpc) is 2.45. The Morgan fingerprint density at radius 1 is 1.55 bits per heavy atom. The minimum Gasteiger partial charge on any atom is -0.376 e. The molecule has 0 amide bonds. The maximum absolute atomic E-state index is 5.62. The zero-order valence-electron chi connectivity index (χ0n) is 7.00. The molecule has 0 spiro atoms. The van der Waals surface area contributed by atoms with Crippen molar-refractivity contribution in [2.24, 2.45) is 0 Å². The van der Waals surface area contributed by atoms with Crippen LogP contribution in [0.1, 0.15) is 13.3 Å². The molecule has 0 aromatic heterocycles. The lowest BCUT2D eigenvalue weighted by Gasteiger charge is -2.21. The Morgan fingerprint density at radius 3 is 3.09 bits per heavy atom. The maximum Gasteiger partial charge on any atom is 0.115 e. The summed E-state index contributed by atoms with van der Waals surface area (Å²) >= 11 is 0. The normalized spacial score (nSPS) is 49.6. The van der Waals surface area contributed by atoms with Crippen LogP contribution in [-0.2, 0) is 14.2 Å². The first-order valence-corrected chi connectivity index (χ1v) is 4.04. The van der Waals surface area contributed by atoms with Gasteiger partial charge in [-0.15, -0.1) is 0 Å². The third-order valence-electron chi connectivity index (χ3n) is 2.72. The predicted octanol–water partition coefficient (Wildman–Crippen LogP) is 0.579. The first-order chi connectivity index (χ1) is 5.26. The molecule has 2 heterocycles. The van der Waals surface area contributed by atoms with Gasteiger partial charge in [0, 0.05) is 13.5 Å². The van der Waals surface area contributed by atoms with Crippen molar-refractivity contribution in [3.8, 4) is 0 Å². The van der Waals surface area contributed by atoms with Crippen molar-refractivity contribution in [2.75, 3.05) is 20.3 Å². The summed E-state index contributed by atoms with van der Waals surface area (Å²) in [5, 5.41) is 0. The molecule has 2 saturated heterocycles. The number of ether oxygens (including phenoxy) is 3. The quantitative estimate of drug-likeness (QED) is 0.558. The van der Waals surface area contributed by atoms with Gasteiger partial charge in [0.1, 0.15) is 12.2 Å². The molecule has 2 aliphatic heterocycles. The van der Waals surface area contributed by atoms with Gasteiger partial charge in [-0.05, 0) is 6.92 Å². The van der Waals surface area contributed by atoms with Gasteiger partial charge in [0.15, 0.2) is 0 Å². The second kappa shape index (κ2) is 2.44. The summed E-state index contributed by atoms with van der Waals surface area (Å²) in [6.45, 7) is 3.59. The predicted molar refractivity (Wildman–Crippen MR) is 39.5 cm³/mol. The van der Waals surface area contributed by atoms with E-state index < -0.39 is 0 Å². The summed E-state index contributed by atoms with van der Waals surface area (Å²) in [7, 11) is 1.71. The minimum atomic E-state index is -0.0688. The molecule has 0 N–H and O–H groups in total. The average molecular weight is 158 g/mol. The second-order valence-electron chi connectivity index (χ2n) is 3.44. The van der Waals surface area contributed by atoms with E-state index in [4.69, 9.17) is 14.2 Å². The third-order valence-corrected chi connectivity index (χ3v) is 2.72. The zero-order valence-corrected chi connectivity index (χ0v) is 7.00. The molecule has 0 aromatic rings. The molecule has 3 nitrogen and oxygen atoms in total. The molecule has 64 valence electrons. The van der Waals surface area contributed by atoms with Gasteiger partial charge in [-0.25, -0.2) is 0 Å². The molecule has 2 rings (SSSR count). The van der Waals surface area contributed by atoms with Gasteiger partial charge < -0.3 is 14.2 Å². The van der Waals surface area contributed by atoms with Crippen molar-refractivity contribution in [3.63, 3.8) is 0 Å². The van der Waals surface area contributed by atoms with Crippen LogP contribution in [0, 0.1) is 0 Å². The fraction of sp³-hybridized carbons (Fsp3) is 1.00. The minimum absolute atomic E-state index is 0.0688. The lowest BCUT2D eigenvalue weighted by molar-refractivity contribution is -0.0237. The van der Waals surface area contributed by atoms with Crippen molar-refractivity contribution in [2.45, 2.75) is 31.2 Å². The van der Waals surface area contributed by atoms with Crippen molar-refractivity contribution in [1.29, 1.82) is 0 Å². The molecule has 0 bridgehead atoms. The van der Waals surface area contributed by atoms with Gasteiger partial charge in [0.05, 0.1) is 18.8 Å². The van der Waals surface area contributed by atoms with E-state index in [1.807, 2.05) is 0 Å². The van der Waals surface area contributed by atoms with Gasteiger partial charge in [-0.3, -0.25) is 0 Å². The number of methoxy groups -OCH3 is 1. The highest BCUT2D eigenvalue weighted by molar-refractivity contribution is 4.99. The summed E-state index contributed by atoms with van der Waals surface area (Å²) in [6.07, 6.45) is 1.30. The van der Waals surface area contributed by atoms with Crippen LogP contribution in [-0.4, -0.2) is 38.1 Å². The van der Waals surface area contributed by atoms with Crippen molar-refractivity contribution in [3.05, 3.63) is 0 Å². The largest absolute Gasteiger partial charge is 0.376 e. The van der Waals surface area contributed by atoms with Crippen LogP contribution in [0.2, 0.25) is 0 Å². The number of fused-ring (bicyclic) bond motifs is 1. The number of hydrogen-bond acceptors (Lipinski definition) is 3. The Labute approximate surface area is 66.6 Å². The Balaban J connectivity index is 2.13. The number of rotatable bonds is 1. The lowest BCUT2D eigenvalue weighted by atomic mass is 9.97. The fourth-order valence-electron chi connectivity index (χ4n) is 1.91. The summed E-state index contributed by atoms with van der Waals surface area (Å²) in [4.78, 5) is 0. The van der Waals surface area contributed by atoms with E-state index in [9.17, 15) is 0 Å². The Kier molecular flexibility index (Phi) is 1.67. The molecule has 0 saturated carbocycles. The van der Waals surface area contributed by atoms with Crippen molar-refractivity contribution >= 4 is 0 Å². The van der Waals surface area contributed by atoms with E-state index in [0.717, 1.165) is 13.0 Å². The fourth-order valence-corrected chi connectivity index (χ4v) is 1.91. The summed E-state index contributed by atoms with van der Waals surface area (Å²) in [5.41, 5.74) is -0.0688. The summed E-state index contributed by atoms with van der Waals surface area (Å²) in [6, 6.07) is 0. The molecular formula is C8H14O3. The molecule has 0 aliphatic carbocycles. The van der Waals surface area contributed by atoms with Crippen molar-refractivity contribution in [1.82, 2.24) is 0 Å². The highest BCUT2D eigenvalue weighted by atomic mass is 16.6. The van der Waals surface area contributed by atoms with E-state index in [1.54, 1.807) is 7.11 Å². The lowest BCUT2D eigenvalue weighted by Crippen LogP contribution is -2.36. The summed E-state index contributed by atoms with van der Waals surface area (Å²) in [5.74, 6) is 0. The first-order valence-electron chi connectivity index (χ1n) is 4.04. The molecule has 0 unspecified atom stereocenters. The van der Waals surface area contributed by atoms with Gasteiger partial charge in [0.25, 0.3) is 0 Å². The first kappa shape index (κ1) is 7.53. The highest BCUT2D eigenvalue weighted by Crippen LogP contribution is 2.37. The van der Waals surface area contributed by atoms with Crippen LogP contribution in [0.4, 0.5) is 0 Å².